The minimum atomic E-state index is -0.232. The lowest BCUT2D eigenvalue weighted by molar-refractivity contribution is -0.129. The quantitative estimate of drug-likeness (QED) is 0.888. The minimum absolute atomic E-state index is 0. The molecule has 1 atom stereocenters. The molecular weight excluding hydrogens is 324 g/mol. The second-order valence-electron chi connectivity index (χ2n) is 4.36. The topological polar surface area (TPSA) is 41.1 Å². The number of hydrogen-bond acceptors (Lipinski definition) is 3. The summed E-state index contributed by atoms with van der Waals surface area (Å²) >= 11 is 5.12. The van der Waals surface area contributed by atoms with Crippen molar-refractivity contribution < 1.29 is 4.79 Å². The number of rotatable bonds is 3. The molecule has 1 aliphatic heterocycles. The summed E-state index contributed by atoms with van der Waals surface area (Å²) < 4.78 is 1.08. The Balaban J connectivity index is 0.00000144. The smallest absolute Gasteiger partial charge is 0.227 e. The molecule has 1 saturated heterocycles. The molecular formula is C11H16BrClN2OS. The number of amides is 1. The van der Waals surface area contributed by atoms with Gasteiger partial charge in [-0.3, -0.25) is 4.79 Å². The molecule has 1 amide bonds. The van der Waals surface area contributed by atoms with Crippen LogP contribution in [0.15, 0.2) is 15.9 Å². The molecule has 1 aromatic heterocycles. The third-order valence-corrected chi connectivity index (χ3v) is 4.94. The van der Waals surface area contributed by atoms with Crippen LogP contribution in [0.3, 0.4) is 0 Å². The molecule has 6 heteroatoms. The summed E-state index contributed by atoms with van der Waals surface area (Å²) in [4.78, 5) is 13.2. The predicted octanol–water partition coefficient (Wildman–Crippen LogP) is 2.55. The Kier molecular flexibility index (Phi) is 5.44. The minimum Gasteiger partial charge on any atom is -0.351 e. The maximum atomic E-state index is 12.0. The van der Waals surface area contributed by atoms with Gasteiger partial charge >= 0.3 is 0 Å². The molecule has 3 nitrogen and oxygen atoms in total. The average Bonchev–Trinajstić information content (AvgIpc) is 2.85. The van der Waals surface area contributed by atoms with Crippen molar-refractivity contribution in [2.24, 2.45) is 5.41 Å². The summed E-state index contributed by atoms with van der Waals surface area (Å²) in [5.74, 6) is 0.151. The normalized spacial score (nSPS) is 23.2. The van der Waals surface area contributed by atoms with Crippen molar-refractivity contribution >= 4 is 45.6 Å². The highest BCUT2D eigenvalue weighted by Gasteiger charge is 2.35. The van der Waals surface area contributed by atoms with E-state index in [0.717, 1.165) is 24.0 Å². The van der Waals surface area contributed by atoms with E-state index in [4.69, 9.17) is 0 Å². The Bertz CT molecular complexity index is 391. The van der Waals surface area contributed by atoms with Gasteiger partial charge in [-0.25, -0.2) is 0 Å². The fourth-order valence-corrected chi connectivity index (χ4v) is 3.27. The number of thiophene rings is 1. The van der Waals surface area contributed by atoms with Crippen LogP contribution in [0.4, 0.5) is 0 Å². The molecule has 0 saturated carbocycles. The summed E-state index contributed by atoms with van der Waals surface area (Å²) in [6.45, 7) is 4.36. The predicted molar refractivity (Wildman–Crippen MR) is 76.7 cm³/mol. The van der Waals surface area contributed by atoms with E-state index >= 15 is 0 Å². The summed E-state index contributed by atoms with van der Waals surface area (Å²) in [5, 5.41) is 8.26. The van der Waals surface area contributed by atoms with E-state index in [1.54, 1.807) is 11.3 Å². The van der Waals surface area contributed by atoms with Crippen molar-refractivity contribution in [1.82, 2.24) is 10.6 Å². The summed E-state index contributed by atoms with van der Waals surface area (Å²) in [6, 6.07) is 2.00. The van der Waals surface area contributed by atoms with E-state index < -0.39 is 0 Å². The Morgan fingerprint density at radius 2 is 2.47 bits per heavy atom. The van der Waals surface area contributed by atoms with Gasteiger partial charge in [-0.05, 0) is 47.3 Å². The maximum absolute atomic E-state index is 12.0. The zero-order chi connectivity index (χ0) is 11.6. The zero-order valence-electron chi connectivity index (χ0n) is 9.59. The highest BCUT2D eigenvalue weighted by atomic mass is 79.9. The van der Waals surface area contributed by atoms with Crippen LogP contribution in [0.1, 0.15) is 18.2 Å². The Labute approximate surface area is 120 Å². The summed E-state index contributed by atoms with van der Waals surface area (Å²) in [5.41, 5.74) is -0.232. The van der Waals surface area contributed by atoms with Crippen molar-refractivity contribution in [2.75, 3.05) is 13.1 Å². The Morgan fingerprint density at radius 1 is 1.71 bits per heavy atom. The van der Waals surface area contributed by atoms with E-state index in [2.05, 4.69) is 26.6 Å². The van der Waals surface area contributed by atoms with Gasteiger partial charge in [-0.15, -0.1) is 23.7 Å². The fourth-order valence-electron chi connectivity index (χ4n) is 1.84. The van der Waals surface area contributed by atoms with Crippen LogP contribution in [0.25, 0.3) is 0 Å². The molecule has 0 aliphatic carbocycles. The summed E-state index contributed by atoms with van der Waals surface area (Å²) in [7, 11) is 0. The van der Waals surface area contributed by atoms with Gasteiger partial charge in [0.25, 0.3) is 0 Å². The molecule has 1 unspecified atom stereocenters. The Hall–Kier alpha value is -0.100. The molecule has 2 rings (SSSR count). The SMILES string of the molecule is CC1(C(=O)NCc2sccc2Br)CCNC1.Cl. The van der Waals surface area contributed by atoms with E-state index in [9.17, 15) is 4.79 Å². The number of carbonyl (C=O) groups is 1. The van der Waals surface area contributed by atoms with Gasteiger partial charge in [0, 0.05) is 15.9 Å². The molecule has 0 aromatic carbocycles. The van der Waals surface area contributed by atoms with Gasteiger partial charge in [0.2, 0.25) is 5.91 Å². The third-order valence-electron chi connectivity index (χ3n) is 3.02. The van der Waals surface area contributed by atoms with E-state index in [1.807, 2.05) is 18.4 Å². The van der Waals surface area contributed by atoms with E-state index in [1.165, 1.54) is 4.88 Å². The largest absolute Gasteiger partial charge is 0.351 e. The maximum Gasteiger partial charge on any atom is 0.227 e. The van der Waals surface area contributed by atoms with Crippen LogP contribution in [0.5, 0.6) is 0 Å². The van der Waals surface area contributed by atoms with Crippen molar-refractivity contribution in [1.29, 1.82) is 0 Å². The molecule has 2 N–H and O–H groups in total. The molecule has 0 bridgehead atoms. The van der Waals surface area contributed by atoms with Crippen LogP contribution in [-0.2, 0) is 11.3 Å². The first-order valence-corrected chi connectivity index (χ1v) is 7.00. The summed E-state index contributed by atoms with van der Waals surface area (Å²) in [6.07, 6.45) is 0.921. The lowest BCUT2D eigenvalue weighted by atomic mass is 9.89. The first-order valence-electron chi connectivity index (χ1n) is 5.33. The van der Waals surface area contributed by atoms with Gasteiger partial charge in [-0.1, -0.05) is 0 Å². The van der Waals surface area contributed by atoms with Crippen molar-refractivity contribution in [3.05, 3.63) is 20.8 Å². The second kappa shape index (κ2) is 6.18. The molecule has 2 heterocycles. The highest BCUT2D eigenvalue weighted by molar-refractivity contribution is 9.10. The number of carbonyl (C=O) groups excluding carboxylic acids is 1. The van der Waals surface area contributed by atoms with Gasteiger partial charge in [0.15, 0.2) is 0 Å². The van der Waals surface area contributed by atoms with Crippen LogP contribution >= 0.6 is 39.7 Å². The van der Waals surface area contributed by atoms with Gasteiger partial charge in [0.05, 0.1) is 12.0 Å². The highest BCUT2D eigenvalue weighted by Crippen LogP contribution is 2.26. The number of nitrogens with one attached hydrogen (secondary N) is 2. The molecule has 1 aliphatic rings. The van der Waals surface area contributed by atoms with Gasteiger partial charge in [-0.2, -0.15) is 0 Å². The van der Waals surface area contributed by atoms with Crippen LogP contribution in [-0.4, -0.2) is 19.0 Å². The monoisotopic (exact) mass is 338 g/mol. The van der Waals surface area contributed by atoms with Crippen LogP contribution in [0.2, 0.25) is 0 Å². The number of hydrogen-bond donors (Lipinski definition) is 2. The first kappa shape index (κ1) is 15.0. The van der Waals surface area contributed by atoms with Gasteiger partial charge in [0.1, 0.15) is 0 Å². The van der Waals surface area contributed by atoms with Crippen LogP contribution in [0, 0.1) is 5.41 Å². The van der Waals surface area contributed by atoms with Gasteiger partial charge < -0.3 is 10.6 Å². The standard InChI is InChI=1S/C11H15BrN2OS.ClH/c1-11(3-4-13-7-11)10(15)14-6-9-8(12)2-5-16-9;/h2,5,13H,3-4,6-7H2,1H3,(H,14,15);1H. The third kappa shape index (κ3) is 3.44. The molecule has 1 fully saturated rings. The lowest BCUT2D eigenvalue weighted by Crippen LogP contribution is -2.39. The molecule has 0 spiro atoms. The molecule has 96 valence electrons. The molecule has 17 heavy (non-hydrogen) atoms. The Morgan fingerprint density at radius 3 is 3.00 bits per heavy atom. The first-order chi connectivity index (χ1) is 7.62. The number of halogens is 2. The zero-order valence-corrected chi connectivity index (χ0v) is 12.8. The fraction of sp³-hybridized carbons (Fsp3) is 0.545. The van der Waals surface area contributed by atoms with Crippen molar-refractivity contribution in [2.45, 2.75) is 19.9 Å². The average molecular weight is 340 g/mol. The molecule has 0 radical (unpaired) electrons. The van der Waals surface area contributed by atoms with E-state index in [-0.39, 0.29) is 23.7 Å². The van der Waals surface area contributed by atoms with Crippen LogP contribution < -0.4 is 10.6 Å². The lowest BCUT2D eigenvalue weighted by Gasteiger charge is -2.21. The van der Waals surface area contributed by atoms with Crippen molar-refractivity contribution in [3.8, 4) is 0 Å². The molecule has 1 aromatic rings. The van der Waals surface area contributed by atoms with Crippen molar-refractivity contribution in [3.63, 3.8) is 0 Å². The van der Waals surface area contributed by atoms with E-state index in [0.29, 0.717) is 6.54 Å². The second-order valence-corrected chi connectivity index (χ2v) is 6.22.